The van der Waals surface area contributed by atoms with E-state index in [1.807, 2.05) is 24.3 Å². The van der Waals surface area contributed by atoms with E-state index in [4.69, 9.17) is 0 Å². The third kappa shape index (κ3) is 3.85. The minimum Gasteiger partial charge on any atom is -0.406 e. The second-order valence-electron chi connectivity index (χ2n) is 4.76. The Bertz CT molecular complexity index is 770. The first-order chi connectivity index (χ1) is 11.0. The van der Waals surface area contributed by atoms with Gasteiger partial charge in [-0.25, -0.2) is 0 Å². The van der Waals surface area contributed by atoms with Gasteiger partial charge in [0.2, 0.25) is 5.82 Å². The fourth-order valence-electron chi connectivity index (χ4n) is 2.20. The van der Waals surface area contributed by atoms with Gasteiger partial charge in [0.05, 0.1) is 0 Å². The summed E-state index contributed by atoms with van der Waals surface area (Å²) in [5, 5.41) is 13.8. The van der Waals surface area contributed by atoms with Crippen LogP contribution in [0.5, 0.6) is 5.75 Å². The quantitative estimate of drug-likeness (QED) is 0.800. The van der Waals surface area contributed by atoms with Crippen molar-refractivity contribution in [2.75, 3.05) is 0 Å². The highest BCUT2D eigenvalue weighted by Crippen LogP contribution is 2.25. The van der Waals surface area contributed by atoms with Gasteiger partial charge in [-0.2, -0.15) is 5.21 Å². The normalized spacial score (nSPS) is 11.4. The Hall–Kier alpha value is -2.90. The Morgan fingerprint density at radius 2 is 1.74 bits per heavy atom. The summed E-state index contributed by atoms with van der Waals surface area (Å²) in [5.74, 6) is 0.227. The zero-order valence-electron chi connectivity index (χ0n) is 11.7. The highest BCUT2D eigenvalue weighted by Gasteiger charge is 2.30. The minimum atomic E-state index is -4.69. The molecule has 8 heteroatoms. The summed E-state index contributed by atoms with van der Waals surface area (Å²) in [5.41, 5.74) is 2.60. The maximum atomic E-state index is 12.2. The number of H-pyrrole nitrogens is 1. The number of tetrazole rings is 1. The van der Waals surface area contributed by atoms with Crippen LogP contribution in [0.25, 0.3) is 11.4 Å². The number of alkyl halides is 3. The van der Waals surface area contributed by atoms with Crippen molar-refractivity contribution in [2.45, 2.75) is 12.8 Å². The van der Waals surface area contributed by atoms with Crippen LogP contribution in [-0.4, -0.2) is 27.0 Å². The van der Waals surface area contributed by atoms with E-state index in [1.165, 1.54) is 12.1 Å². The number of rotatable bonds is 4. The first kappa shape index (κ1) is 15.0. The van der Waals surface area contributed by atoms with Crippen LogP contribution >= 0.6 is 0 Å². The van der Waals surface area contributed by atoms with Gasteiger partial charge in [0.1, 0.15) is 5.75 Å². The van der Waals surface area contributed by atoms with Crippen molar-refractivity contribution in [1.82, 2.24) is 20.6 Å². The smallest absolute Gasteiger partial charge is 0.406 e. The van der Waals surface area contributed by atoms with Crippen LogP contribution in [0.1, 0.15) is 11.1 Å². The molecule has 0 saturated carbocycles. The van der Waals surface area contributed by atoms with E-state index >= 15 is 0 Å². The summed E-state index contributed by atoms with van der Waals surface area (Å²) >= 11 is 0. The summed E-state index contributed by atoms with van der Waals surface area (Å²) in [4.78, 5) is 0. The van der Waals surface area contributed by atoms with E-state index in [-0.39, 0.29) is 5.75 Å². The lowest BCUT2D eigenvalue weighted by atomic mass is 9.99. The van der Waals surface area contributed by atoms with Gasteiger partial charge in [0, 0.05) is 5.56 Å². The highest BCUT2D eigenvalue weighted by atomic mass is 19.4. The number of halogens is 3. The second kappa shape index (κ2) is 6.07. The van der Waals surface area contributed by atoms with Crippen LogP contribution in [0.4, 0.5) is 13.2 Å². The molecule has 0 atom stereocenters. The average molecular weight is 320 g/mol. The van der Waals surface area contributed by atoms with Gasteiger partial charge in [0.25, 0.3) is 0 Å². The summed E-state index contributed by atoms with van der Waals surface area (Å²) in [6.07, 6.45) is -4.16. The van der Waals surface area contributed by atoms with Gasteiger partial charge in [-0.3, -0.25) is 0 Å². The number of nitrogens with one attached hydrogen (secondary N) is 1. The predicted molar refractivity (Wildman–Crippen MR) is 75.5 cm³/mol. The molecule has 118 valence electrons. The van der Waals surface area contributed by atoms with Gasteiger partial charge >= 0.3 is 6.36 Å². The molecule has 1 N–H and O–H groups in total. The first-order valence-corrected chi connectivity index (χ1v) is 6.68. The molecule has 0 spiro atoms. The van der Waals surface area contributed by atoms with Crippen LogP contribution in [-0.2, 0) is 6.42 Å². The Morgan fingerprint density at radius 3 is 2.39 bits per heavy atom. The average Bonchev–Trinajstić information content (AvgIpc) is 3.02. The lowest BCUT2D eigenvalue weighted by Gasteiger charge is -2.10. The van der Waals surface area contributed by atoms with Crippen LogP contribution in [0.3, 0.4) is 0 Å². The number of ether oxygens (including phenoxy) is 1. The van der Waals surface area contributed by atoms with Crippen molar-refractivity contribution in [3.63, 3.8) is 0 Å². The maximum absolute atomic E-state index is 12.2. The molecule has 0 aliphatic carbocycles. The zero-order valence-corrected chi connectivity index (χ0v) is 11.7. The predicted octanol–water partition coefficient (Wildman–Crippen LogP) is 3.36. The fourth-order valence-corrected chi connectivity index (χ4v) is 2.20. The molecule has 0 aliphatic rings. The number of benzene rings is 2. The molecule has 3 aromatic rings. The number of nitrogens with zero attached hydrogens (tertiary/aromatic N) is 3. The molecule has 0 saturated heterocycles. The molecule has 0 amide bonds. The van der Waals surface area contributed by atoms with E-state index < -0.39 is 6.36 Å². The molecular formula is C15H11F3N4O. The Labute approximate surface area is 129 Å². The lowest BCUT2D eigenvalue weighted by Crippen LogP contribution is -2.17. The zero-order chi connectivity index (χ0) is 16.3. The molecule has 2 aromatic carbocycles. The molecule has 0 unspecified atom stereocenters. The monoisotopic (exact) mass is 320 g/mol. The minimum absolute atomic E-state index is 0.243. The third-order valence-electron chi connectivity index (χ3n) is 3.16. The fraction of sp³-hybridized carbons (Fsp3) is 0.133. The summed E-state index contributed by atoms with van der Waals surface area (Å²) in [7, 11) is 0. The number of aromatic nitrogens is 4. The number of aromatic amines is 1. The molecule has 3 rings (SSSR count). The molecular weight excluding hydrogens is 309 g/mol. The Morgan fingerprint density at radius 1 is 1.00 bits per heavy atom. The Kier molecular flexibility index (Phi) is 3.96. The lowest BCUT2D eigenvalue weighted by molar-refractivity contribution is -0.274. The summed E-state index contributed by atoms with van der Waals surface area (Å²) < 4.78 is 40.3. The van der Waals surface area contributed by atoms with Gasteiger partial charge in [-0.1, -0.05) is 36.4 Å². The first-order valence-electron chi connectivity index (χ1n) is 6.68. The van der Waals surface area contributed by atoms with Crippen LogP contribution in [0, 0.1) is 0 Å². The maximum Gasteiger partial charge on any atom is 0.573 e. The van der Waals surface area contributed by atoms with Crippen molar-refractivity contribution in [1.29, 1.82) is 0 Å². The molecule has 1 aromatic heterocycles. The van der Waals surface area contributed by atoms with Crippen molar-refractivity contribution < 1.29 is 17.9 Å². The van der Waals surface area contributed by atoms with Gasteiger partial charge in [-0.15, -0.1) is 23.4 Å². The Balaban J connectivity index is 1.80. The molecule has 23 heavy (non-hydrogen) atoms. The second-order valence-corrected chi connectivity index (χ2v) is 4.76. The van der Waals surface area contributed by atoms with E-state index in [0.29, 0.717) is 12.2 Å². The van der Waals surface area contributed by atoms with Crippen molar-refractivity contribution in [3.8, 4) is 17.1 Å². The van der Waals surface area contributed by atoms with Crippen LogP contribution in [0.15, 0.2) is 48.5 Å². The molecule has 0 radical (unpaired) electrons. The SMILES string of the molecule is FC(F)(F)Oc1ccc(Cc2ccccc2-c2nn[nH]n2)cc1. The highest BCUT2D eigenvalue weighted by molar-refractivity contribution is 5.60. The number of hydrogen-bond donors (Lipinski definition) is 1. The van der Waals surface area contributed by atoms with Crippen molar-refractivity contribution in [3.05, 3.63) is 59.7 Å². The summed E-state index contributed by atoms with van der Waals surface area (Å²) in [6, 6.07) is 13.3. The van der Waals surface area contributed by atoms with E-state index in [0.717, 1.165) is 16.7 Å². The largest absolute Gasteiger partial charge is 0.573 e. The van der Waals surface area contributed by atoms with Gasteiger partial charge in [-0.05, 0) is 34.9 Å². The molecule has 1 heterocycles. The van der Waals surface area contributed by atoms with Crippen molar-refractivity contribution in [2.24, 2.45) is 0 Å². The van der Waals surface area contributed by atoms with Crippen LogP contribution < -0.4 is 4.74 Å². The van der Waals surface area contributed by atoms with E-state index in [2.05, 4.69) is 25.4 Å². The summed E-state index contributed by atoms with van der Waals surface area (Å²) in [6.45, 7) is 0. The van der Waals surface area contributed by atoms with Gasteiger partial charge < -0.3 is 4.74 Å². The molecule has 5 nitrogen and oxygen atoms in total. The van der Waals surface area contributed by atoms with E-state index in [9.17, 15) is 13.2 Å². The molecule has 0 bridgehead atoms. The van der Waals surface area contributed by atoms with E-state index in [1.54, 1.807) is 12.1 Å². The third-order valence-corrected chi connectivity index (χ3v) is 3.16. The van der Waals surface area contributed by atoms with Crippen molar-refractivity contribution >= 4 is 0 Å². The van der Waals surface area contributed by atoms with Crippen LogP contribution in [0.2, 0.25) is 0 Å². The number of hydrogen-bond acceptors (Lipinski definition) is 4. The topological polar surface area (TPSA) is 63.7 Å². The molecule has 0 aliphatic heterocycles. The molecule has 0 fully saturated rings. The standard InChI is InChI=1S/C15H11F3N4O/c16-15(17,18)23-12-7-5-10(6-8-12)9-11-3-1-2-4-13(11)14-19-21-22-20-14/h1-8H,9H2,(H,19,20,21,22). The van der Waals surface area contributed by atoms with Gasteiger partial charge in [0.15, 0.2) is 0 Å².